The van der Waals surface area contributed by atoms with Crippen molar-refractivity contribution in [3.8, 4) is 0 Å². The number of benzene rings is 1. The van der Waals surface area contributed by atoms with Gasteiger partial charge in [-0.3, -0.25) is 4.90 Å². The molecule has 1 saturated carbocycles. The van der Waals surface area contributed by atoms with Crippen LogP contribution in [0, 0.1) is 0 Å². The summed E-state index contributed by atoms with van der Waals surface area (Å²) in [4.78, 5) is 2.53. The van der Waals surface area contributed by atoms with Gasteiger partial charge in [0, 0.05) is 30.9 Å². The summed E-state index contributed by atoms with van der Waals surface area (Å²) in [5, 5.41) is 9.03. The van der Waals surface area contributed by atoms with E-state index in [0.717, 1.165) is 18.7 Å². The lowest BCUT2D eigenvalue weighted by atomic mass is 9.89. The van der Waals surface area contributed by atoms with Crippen LogP contribution in [0.25, 0.3) is 0 Å². The van der Waals surface area contributed by atoms with Crippen LogP contribution in [-0.4, -0.2) is 29.2 Å². The lowest BCUT2D eigenvalue weighted by Crippen LogP contribution is -2.42. The summed E-state index contributed by atoms with van der Waals surface area (Å²) in [6.45, 7) is 3.51. The third kappa shape index (κ3) is 3.03. The molecule has 1 aromatic rings. The second kappa shape index (κ2) is 6.21. The molecule has 1 fully saturated rings. The molecule has 3 N–H and O–H groups in total. The van der Waals surface area contributed by atoms with E-state index < -0.39 is 0 Å². The van der Waals surface area contributed by atoms with Crippen LogP contribution in [0.15, 0.2) is 24.3 Å². The van der Waals surface area contributed by atoms with E-state index in [4.69, 9.17) is 10.8 Å². The summed E-state index contributed by atoms with van der Waals surface area (Å²) >= 11 is 0. The van der Waals surface area contributed by atoms with Crippen molar-refractivity contribution in [3.63, 3.8) is 0 Å². The molecule has 1 unspecified atom stereocenters. The molecular weight excluding hydrogens is 224 g/mol. The number of hydrogen-bond donors (Lipinski definition) is 2. The number of rotatable bonds is 6. The second-order valence-electron chi connectivity index (χ2n) is 5.24. The van der Waals surface area contributed by atoms with E-state index in [9.17, 15) is 0 Å². The normalized spacial score (nSPS) is 17.7. The van der Waals surface area contributed by atoms with Crippen LogP contribution in [0.1, 0.15) is 44.2 Å². The Kier molecular flexibility index (Phi) is 4.61. The number of nitrogens with two attached hydrogens (primary N) is 1. The summed E-state index contributed by atoms with van der Waals surface area (Å²) < 4.78 is 0. The first-order valence-corrected chi connectivity index (χ1v) is 6.94. The number of anilines is 1. The highest BCUT2D eigenvalue weighted by molar-refractivity contribution is 5.40. The van der Waals surface area contributed by atoms with Crippen molar-refractivity contribution in [3.05, 3.63) is 29.8 Å². The maximum atomic E-state index is 9.03. The Morgan fingerprint density at radius 2 is 2.00 bits per heavy atom. The average molecular weight is 248 g/mol. The van der Waals surface area contributed by atoms with E-state index in [-0.39, 0.29) is 6.61 Å². The minimum absolute atomic E-state index is 0.275. The number of aliphatic hydroxyl groups excluding tert-OH is 1. The smallest absolute Gasteiger partial charge is 0.0443 e. The monoisotopic (exact) mass is 248 g/mol. The van der Waals surface area contributed by atoms with Crippen LogP contribution >= 0.6 is 0 Å². The third-order valence-corrected chi connectivity index (χ3v) is 4.03. The Hall–Kier alpha value is -1.06. The molecule has 0 bridgehead atoms. The molecule has 0 aromatic heterocycles. The zero-order valence-electron chi connectivity index (χ0n) is 11.2. The number of hydrogen-bond acceptors (Lipinski definition) is 3. The minimum Gasteiger partial charge on any atom is -0.399 e. The fourth-order valence-electron chi connectivity index (χ4n) is 2.63. The molecule has 3 nitrogen and oxygen atoms in total. The Labute approximate surface area is 110 Å². The van der Waals surface area contributed by atoms with Gasteiger partial charge in [0.2, 0.25) is 0 Å². The number of nitrogen functional groups attached to an aromatic ring is 1. The second-order valence-corrected chi connectivity index (χ2v) is 5.24. The zero-order chi connectivity index (χ0) is 13.0. The Balaban J connectivity index is 2.06. The van der Waals surface area contributed by atoms with Gasteiger partial charge in [0.25, 0.3) is 0 Å². The summed E-state index contributed by atoms with van der Waals surface area (Å²) in [6.07, 6.45) is 4.79. The molecular formula is C15H24N2O. The van der Waals surface area contributed by atoms with Gasteiger partial charge in [0.15, 0.2) is 0 Å². The summed E-state index contributed by atoms with van der Waals surface area (Å²) in [5.74, 6) is 0. The third-order valence-electron chi connectivity index (χ3n) is 4.03. The van der Waals surface area contributed by atoms with E-state index >= 15 is 0 Å². The topological polar surface area (TPSA) is 49.5 Å². The summed E-state index contributed by atoms with van der Waals surface area (Å²) in [7, 11) is 0. The molecule has 0 aliphatic heterocycles. The van der Waals surface area contributed by atoms with E-state index in [1.807, 2.05) is 12.1 Å². The van der Waals surface area contributed by atoms with Gasteiger partial charge in [-0.25, -0.2) is 0 Å². The van der Waals surface area contributed by atoms with Crippen LogP contribution in [0.5, 0.6) is 0 Å². The maximum absolute atomic E-state index is 9.03. The molecule has 1 aliphatic carbocycles. The molecule has 1 atom stereocenters. The molecule has 0 spiro atoms. The highest BCUT2D eigenvalue weighted by Crippen LogP contribution is 2.32. The molecule has 0 saturated heterocycles. The van der Waals surface area contributed by atoms with E-state index in [1.165, 1.54) is 24.8 Å². The van der Waals surface area contributed by atoms with Crippen LogP contribution in [-0.2, 0) is 0 Å². The lowest BCUT2D eigenvalue weighted by Gasteiger charge is -2.41. The SMILES string of the molecule is CC(c1ccc(N)cc1)N(CCCO)C1CCC1. The minimum atomic E-state index is 0.275. The molecule has 0 amide bonds. The van der Waals surface area contributed by atoms with Crippen molar-refractivity contribution in [1.29, 1.82) is 0 Å². The van der Waals surface area contributed by atoms with Gasteiger partial charge in [-0.05, 0) is 43.9 Å². The summed E-state index contributed by atoms with van der Waals surface area (Å²) in [5.41, 5.74) is 7.86. The highest BCUT2D eigenvalue weighted by Gasteiger charge is 2.28. The number of nitrogens with zero attached hydrogens (tertiary/aromatic N) is 1. The fraction of sp³-hybridized carbons (Fsp3) is 0.600. The lowest BCUT2D eigenvalue weighted by molar-refractivity contribution is 0.0787. The first-order valence-electron chi connectivity index (χ1n) is 6.94. The molecule has 18 heavy (non-hydrogen) atoms. The van der Waals surface area contributed by atoms with Gasteiger partial charge in [-0.2, -0.15) is 0 Å². The molecule has 0 radical (unpaired) electrons. The molecule has 100 valence electrons. The van der Waals surface area contributed by atoms with E-state index in [0.29, 0.717) is 12.1 Å². The van der Waals surface area contributed by atoms with Crippen molar-refractivity contribution >= 4 is 5.69 Å². The van der Waals surface area contributed by atoms with Gasteiger partial charge in [0.1, 0.15) is 0 Å². The van der Waals surface area contributed by atoms with Gasteiger partial charge < -0.3 is 10.8 Å². The Morgan fingerprint density at radius 3 is 2.50 bits per heavy atom. The van der Waals surface area contributed by atoms with Crippen LogP contribution in [0.2, 0.25) is 0 Å². The quantitative estimate of drug-likeness (QED) is 0.761. The van der Waals surface area contributed by atoms with Crippen molar-refractivity contribution in [2.45, 2.75) is 44.7 Å². The van der Waals surface area contributed by atoms with Gasteiger partial charge in [0.05, 0.1) is 0 Å². The predicted molar refractivity (Wildman–Crippen MR) is 75.3 cm³/mol. The van der Waals surface area contributed by atoms with Gasteiger partial charge >= 0.3 is 0 Å². The van der Waals surface area contributed by atoms with Crippen molar-refractivity contribution in [1.82, 2.24) is 4.90 Å². The van der Waals surface area contributed by atoms with Crippen molar-refractivity contribution in [2.75, 3.05) is 18.9 Å². The average Bonchev–Trinajstić information content (AvgIpc) is 2.32. The van der Waals surface area contributed by atoms with E-state index in [2.05, 4.69) is 24.0 Å². The van der Waals surface area contributed by atoms with Crippen molar-refractivity contribution in [2.24, 2.45) is 0 Å². The fourth-order valence-corrected chi connectivity index (χ4v) is 2.63. The first-order chi connectivity index (χ1) is 8.72. The van der Waals surface area contributed by atoms with Crippen LogP contribution < -0.4 is 5.73 Å². The van der Waals surface area contributed by atoms with Crippen LogP contribution in [0.3, 0.4) is 0 Å². The van der Waals surface area contributed by atoms with Crippen molar-refractivity contribution < 1.29 is 5.11 Å². The van der Waals surface area contributed by atoms with Crippen LogP contribution in [0.4, 0.5) is 5.69 Å². The molecule has 2 rings (SSSR count). The molecule has 3 heteroatoms. The largest absolute Gasteiger partial charge is 0.399 e. The summed E-state index contributed by atoms with van der Waals surface area (Å²) in [6, 6.07) is 9.27. The molecule has 0 heterocycles. The highest BCUT2D eigenvalue weighted by atomic mass is 16.3. The molecule has 1 aromatic carbocycles. The number of aliphatic hydroxyl groups is 1. The Bertz CT molecular complexity index is 359. The maximum Gasteiger partial charge on any atom is 0.0443 e. The standard InChI is InChI=1S/C15H24N2O/c1-12(13-6-8-14(16)9-7-13)17(10-3-11-18)15-4-2-5-15/h6-9,12,15,18H,2-5,10-11,16H2,1H3. The molecule has 1 aliphatic rings. The Morgan fingerprint density at radius 1 is 1.33 bits per heavy atom. The van der Waals surface area contributed by atoms with E-state index in [1.54, 1.807) is 0 Å². The van der Waals surface area contributed by atoms with Gasteiger partial charge in [-0.15, -0.1) is 0 Å². The first kappa shape index (κ1) is 13.4. The van der Waals surface area contributed by atoms with Gasteiger partial charge in [-0.1, -0.05) is 18.6 Å². The zero-order valence-corrected chi connectivity index (χ0v) is 11.2. The predicted octanol–water partition coefficient (Wildman–Crippen LogP) is 2.57.